The van der Waals surface area contributed by atoms with Crippen LogP contribution < -0.4 is 4.74 Å². The number of aryl methyl sites for hydroxylation is 1. The Hall–Kier alpha value is -3.57. The number of thiophene rings is 1. The van der Waals surface area contributed by atoms with Crippen LogP contribution in [0.3, 0.4) is 0 Å². The van der Waals surface area contributed by atoms with Crippen LogP contribution >= 0.6 is 11.3 Å². The van der Waals surface area contributed by atoms with Gasteiger partial charge in [-0.3, -0.25) is 4.90 Å². The number of halogens is 1. The third kappa shape index (κ3) is 4.92. The Morgan fingerprint density at radius 1 is 1.05 bits per heavy atom. The van der Waals surface area contributed by atoms with E-state index in [9.17, 15) is 12.8 Å². The summed E-state index contributed by atoms with van der Waals surface area (Å²) in [5.74, 6) is -0.485. The number of para-hydroxylation sites is 1. The largest absolute Gasteiger partial charge is 0.493 e. The molecule has 1 aliphatic heterocycles. The van der Waals surface area contributed by atoms with E-state index in [2.05, 4.69) is 22.0 Å². The quantitative estimate of drug-likeness (QED) is 0.238. The number of morpholine rings is 1. The van der Waals surface area contributed by atoms with Gasteiger partial charge in [0.15, 0.2) is 17.2 Å². The van der Waals surface area contributed by atoms with Gasteiger partial charge in [0.1, 0.15) is 0 Å². The van der Waals surface area contributed by atoms with Gasteiger partial charge in [-0.15, -0.1) is 11.3 Å². The molecule has 4 heterocycles. The van der Waals surface area contributed by atoms with Crippen molar-refractivity contribution in [2.75, 3.05) is 33.4 Å². The van der Waals surface area contributed by atoms with E-state index in [1.54, 1.807) is 53.9 Å². The van der Waals surface area contributed by atoms with Gasteiger partial charge in [-0.05, 0) is 43.3 Å². The molecule has 0 N–H and O–H groups in total. The van der Waals surface area contributed by atoms with Crippen molar-refractivity contribution in [2.45, 2.75) is 18.4 Å². The number of nitrogens with zero attached hydrogens (tertiary/aromatic N) is 3. The van der Waals surface area contributed by atoms with Gasteiger partial charge >= 0.3 is 0 Å². The Labute approximate surface area is 236 Å². The first kappa shape index (κ1) is 26.6. The zero-order valence-electron chi connectivity index (χ0n) is 22.1. The monoisotopic (exact) mass is 577 g/mol. The zero-order chi connectivity index (χ0) is 27.9. The van der Waals surface area contributed by atoms with Crippen LogP contribution in [0.15, 0.2) is 78.0 Å². The lowest BCUT2D eigenvalue weighted by molar-refractivity contribution is 0.0346. The second kappa shape index (κ2) is 10.8. The number of fused-ring (bicyclic) bond motifs is 1. The molecule has 6 rings (SSSR count). The lowest BCUT2D eigenvalue weighted by Crippen LogP contribution is -2.35. The van der Waals surface area contributed by atoms with Crippen molar-refractivity contribution in [2.24, 2.45) is 0 Å². The molecule has 7 nitrogen and oxygen atoms in total. The topological polar surface area (TPSA) is 73.7 Å². The van der Waals surface area contributed by atoms with Crippen LogP contribution in [0.5, 0.6) is 5.75 Å². The highest BCUT2D eigenvalue weighted by atomic mass is 32.2. The van der Waals surface area contributed by atoms with Gasteiger partial charge in [0, 0.05) is 63.9 Å². The van der Waals surface area contributed by atoms with E-state index in [0.717, 1.165) is 48.9 Å². The van der Waals surface area contributed by atoms with Crippen LogP contribution in [0, 0.1) is 12.7 Å². The second-order valence-electron chi connectivity index (χ2n) is 9.73. The van der Waals surface area contributed by atoms with E-state index in [4.69, 9.17) is 9.47 Å². The maximum Gasteiger partial charge on any atom is 0.269 e. The predicted octanol–water partition coefficient (Wildman–Crippen LogP) is 5.96. The molecule has 40 heavy (non-hydrogen) atoms. The number of aromatic nitrogens is 2. The molecular weight excluding hydrogens is 549 g/mol. The van der Waals surface area contributed by atoms with E-state index < -0.39 is 15.8 Å². The van der Waals surface area contributed by atoms with Gasteiger partial charge in [-0.2, -0.15) is 0 Å². The number of ether oxygens (including phenoxy) is 2. The second-order valence-corrected chi connectivity index (χ2v) is 12.7. The van der Waals surface area contributed by atoms with E-state index in [1.165, 1.54) is 28.2 Å². The van der Waals surface area contributed by atoms with Crippen molar-refractivity contribution < 1.29 is 22.3 Å². The van der Waals surface area contributed by atoms with Gasteiger partial charge in [0.2, 0.25) is 0 Å². The standard InChI is InChI=1S/C30H28FN3O4S2/c1-20-6-9-23(10-7-20)40(35,36)34-19-26(24-4-3-5-27(31)29(24)37-2)25-16-21(17-32-30(25)34)28-11-8-22(39-28)18-33-12-14-38-15-13-33/h3-11,16-17,19H,12-15,18H2,1-2H3. The summed E-state index contributed by atoms with van der Waals surface area (Å²) in [6.07, 6.45) is 3.20. The average molecular weight is 578 g/mol. The fourth-order valence-corrected chi connectivity index (χ4v) is 7.32. The number of hydrogen-bond acceptors (Lipinski definition) is 7. The molecule has 1 saturated heterocycles. The molecule has 0 bridgehead atoms. The van der Waals surface area contributed by atoms with Gasteiger partial charge in [0.05, 0.1) is 25.2 Å². The minimum atomic E-state index is -3.98. The van der Waals surface area contributed by atoms with Crippen molar-refractivity contribution in [3.8, 4) is 27.3 Å². The summed E-state index contributed by atoms with van der Waals surface area (Å²) >= 11 is 1.68. The van der Waals surface area contributed by atoms with Crippen LogP contribution in [0.2, 0.25) is 0 Å². The highest BCUT2D eigenvalue weighted by Crippen LogP contribution is 2.40. The smallest absolute Gasteiger partial charge is 0.269 e. The number of hydrogen-bond donors (Lipinski definition) is 0. The fourth-order valence-electron chi connectivity index (χ4n) is 4.96. The molecule has 0 aliphatic carbocycles. The maximum absolute atomic E-state index is 14.7. The summed E-state index contributed by atoms with van der Waals surface area (Å²) < 4.78 is 54.3. The zero-order valence-corrected chi connectivity index (χ0v) is 23.8. The Bertz CT molecular complexity index is 1790. The Balaban J connectivity index is 1.49. The molecule has 10 heteroatoms. The Morgan fingerprint density at radius 2 is 1.82 bits per heavy atom. The highest BCUT2D eigenvalue weighted by molar-refractivity contribution is 7.90. The minimum absolute atomic E-state index is 0.0450. The molecule has 5 aromatic rings. The molecule has 1 fully saturated rings. The SMILES string of the molecule is COc1c(F)cccc1-c1cn(S(=O)(=O)c2ccc(C)cc2)c2ncc(-c3ccc(CN4CCOCC4)s3)cc12. The van der Waals surface area contributed by atoms with Crippen LogP contribution in [0.25, 0.3) is 32.6 Å². The van der Waals surface area contributed by atoms with Crippen LogP contribution in [-0.2, 0) is 21.3 Å². The van der Waals surface area contributed by atoms with Crippen LogP contribution in [0.4, 0.5) is 4.39 Å². The molecule has 0 radical (unpaired) electrons. The first-order chi connectivity index (χ1) is 19.3. The van der Waals surface area contributed by atoms with Crippen LogP contribution in [0.1, 0.15) is 10.4 Å². The van der Waals surface area contributed by atoms with Crippen molar-refractivity contribution in [3.05, 3.63) is 89.3 Å². The van der Waals surface area contributed by atoms with Gasteiger partial charge < -0.3 is 9.47 Å². The number of pyridine rings is 1. The normalized spacial score (nSPS) is 14.6. The van der Waals surface area contributed by atoms with E-state index in [-0.39, 0.29) is 16.3 Å². The van der Waals surface area contributed by atoms with Gasteiger partial charge in [-0.1, -0.05) is 29.8 Å². The predicted molar refractivity (Wildman–Crippen MR) is 155 cm³/mol. The van der Waals surface area contributed by atoms with Crippen molar-refractivity contribution in [3.63, 3.8) is 0 Å². The first-order valence-electron chi connectivity index (χ1n) is 12.9. The molecular formula is C30H28FN3O4S2. The highest BCUT2D eigenvalue weighted by Gasteiger charge is 2.25. The maximum atomic E-state index is 14.7. The Morgan fingerprint density at radius 3 is 2.58 bits per heavy atom. The molecule has 0 saturated carbocycles. The minimum Gasteiger partial charge on any atom is -0.493 e. The first-order valence-corrected chi connectivity index (χ1v) is 15.2. The third-order valence-electron chi connectivity index (χ3n) is 7.08. The fraction of sp³-hybridized carbons (Fsp3) is 0.233. The average Bonchev–Trinajstić information content (AvgIpc) is 3.58. The molecule has 206 valence electrons. The summed E-state index contributed by atoms with van der Waals surface area (Å²) in [5, 5.41) is 0.584. The molecule has 0 spiro atoms. The lowest BCUT2D eigenvalue weighted by Gasteiger charge is -2.25. The molecule has 2 aromatic carbocycles. The summed E-state index contributed by atoms with van der Waals surface area (Å²) in [6, 6.07) is 17.4. The van der Waals surface area contributed by atoms with Crippen molar-refractivity contribution >= 4 is 32.4 Å². The van der Waals surface area contributed by atoms with E-state index >= 15 is 0 Å². The number of rotatable bonds is 7. The van der Waals surface area contributed by atoms with Crippen molar-refractivity contribution in [1.82, 2.24) is 13.9 Å². The summed E-state index contributed by atoms with van der Waals surface area (Å²) in [4.78, 5) is 9.40. The molecule has 0 atom stereocenters. The lowest BCUT2D eigenvalue weighted by atomic mass is 10.0. The van der Waals surface area contributed by atoms with Gasteiger partial charge in [0.25, 0.3) is 10.0 Å². The van der Waals surface area contributed by atoms with Crippen LogP contribution in [-0.4, -0.2) is 55.7 Å². The van der Waals surface area contributed by atoms with Crippen molar-refractivity contribution in [1.29, 1.82) is 0 Å². The summed E-state index contributed by atoms with van der Waals surface area (Å²) in [7, 11) is -2.58. The third-order valence-corrected chi connectivity index (χ3v) is 9.86. The number of methoxy groups -OCH3 is 1. The van der Waals surface area contributed by atoms with Gasteiger partial charge in [-0.25, -0.2) is 21.8 Å². The summed E-state index contributed by atoms with van der Waals surface area (Å²) in [6.45, 7) is 6.04. The number of benzene rings is 2. The molecule has 3 aromatic heterocycles. The summed E-state index contributed by atoms with van der Waals surface area (Å²) in [5.41, 5.74) is 3.03. The van der Waals surface area contributed by atoms with E-state index in [1.807, 2.05) is 13.0 Å². The molecule has 0 amide bonds. The van der Waals surface area contributed by atoms with E-state index in [0.29, 0.717) is 16.5 Å². The Kier molecular flexibility index (Phi) is 7.18. The molecule has 1 aliphatic rings. The molecule has 0 unspecified atom stereocenters.